The fraction of sp³-hybridized carbons (Fsp3) is 0.200. The van der Waals surface area contributed by atoms with E-state index in [0.29, 0.717) is 11.2 Å². The van der Waals surface area contributed by atoms with E-state index < -0.39 is 0 Å². The Morgan fingerprint density at radius 2 is 1.78 bits per heavy atom. The summed E-state index contributed by atoms with van der Waals surface area (Å²) in [5.41, 5.74) is 2.26. The predicted molar refractivity (Wildman–Crippen MR) is 75.1 cm³/mol. The fourth-order valence-electron chi connectivity index (χ4n) is 1.88. The maximum atomic E-state index is 11.4. The number of fused-ring (bicyclic) bond motifs is 3. The molecule has 3 nitrogen and oxygen atoms in total. The Labute approximate surface area is 106 Å². The molecule has 0 fully saturated rings. The summed E-state index contributed by atoms with van der Waals surface area (Å²) in [6, 6.07) is 11.9. The number of aryl methyl sites for hydroxylation is 1. The molecule has 0 N–H and O–H groups in total. The number of benzene rings is 1. The van der Waals surface area contributed by atoms with Crippen LogP contribution in [0.4, 0.5) is 0 Å². The molecule has 3 heteroatoms. The standard InChI is InChI=1S/C13H10N2O.C2H6/c1-9-8-15-11-5-3-2-4-10(11)6-7-12(15)14-13(9)16;1-2/h2-8H,1H3;1-2H3. The molecule has 2 heterocycles. The quantitative estimate of drug-likeness (QED) is 0.565. The van der Waals surface area contributed by atoms with Crippen LogP contribution in [0, 0.1) is 6.92 Å². The molecule has 0 aliphatic rings. The number of hydrogen-bond donors (Lipinski definition) is 0. The van der Waals surface area contributed by atoms with Crippen LogP contribution in [0.25, 0.3) is 16.6 Å². The number of pyridine rings is 1. The molecule has 0 unspecified atom stereocenters. The van der Waals surface area contributed by atoms with E-state index in [1.165, 1.54) is 0 Å². The van der Waals surface area contributed by atoms with E-state index in [1.807, 2.05) is 60.8 Å². The van der Waals surface area contributed by atoms with Crippen molar-refractivity contribution in [2.24, 2.45) is 0 Å². The van der Waals surface area contributed by atoms with Gasteiger partial charge in [0.1, 0.15) is 5.65 Å². The molecule has 0 saturated heterocycles. The zero-order chi connectivity index (χ0) is 13.1. The Balaban J connectivity index is 0.000000574. The Kier molecular flexibility index (Phi) is 3.42. The molecule has 2 aromatic heterocycles. The van der Waals surface area contributed by atoms with Crippen molar-refractivity contribution in [3.8, 4) is 0 Å². The van der Waals surface area contributed by atoms with Crippen LogP contribution in [0.5, 0.6) is 0 Å². The fourth-order valence-corrected chi connectivity index (χ4v) is 1.88. The van der Waals surface area contributed by atoms with Crippen molar-refractivity contribution in [3.63, 3.8) is 0 Å². The van der Waals surface area contributed by atoms with E-state index in [1.54, 1.807) is 6.92 Å². The molecule has 0 bridgehead atoms. The molecular weight excluding hydrogens is 224 g/mol. The molecule has 0 aliphatic carbocycles. The van der Waals surface area contributed by atoms with Crippen LogP contribution in [-0.4, -0.2) is 9.38 Å². The van der Waals surface area contributed by atoms with Crippen molar-refractivity contribution >= 4 is 16.6 Å². The molecule has 3 aromatic rings. The van der Waals surface area contributed by atoms with E-state index >= 15 is 0 Å². The van der Waals surface area contributed by atoms with Crippen molar-refractivity contribution in [1.29, 1.82) is 0 Å². The zero-order valence-electron chi connectivity index (χ0n) is 10.8. The summed E-state index contributed by atoms with van der Waals surface area (Å²) in [5, 5.41) is 1.14. The van der Waals surface area contributed by atoms with E-state index in [0.717, 1.165) is 10.9 Å². The number of aromatic nitrogens is 2. The monoisotopic (exact) mass is 240 g/mol. The molecule has 0 amide bonds. The second kappa shape index (κ2) is 5.00. The smallest absolute Gasteiger partial charge is 0.276 e. The lowest BCUT2D eigenvalue weighted by Crippen LogP contribution is -2.12. The summed E-state index contributed by atoms with van der Waals surface area (Å²) >= 11 is 0. The molecule has 92 valence electrons. The summed E-state index contributed by atoms with van der Waals surface area (Å²) in [7, 11) is 0. The minimum absolute atomic E-state index is 0.157. The summed E-state index contributed by atoms with van der Waals surface area (Å²) in [6.45, 7) is 5.78. The van der Waals surface area contributed by atoms with E-state index in [2.05, 4.69) is 4.98 Å². The van der Waals surface area contributed by atoms with Crippen LogP contribution < -0.4 is 5.56 Å². The van der Waals surface area contributed by atoms with Gasteiger partial charge in [0.25, 0.3) is 5.56 Å². The number of nitrogens with zero attached hydrogens (tertiary/aromatic N) is 2. The lowest BCUT2D eigenvalue weighted by molar-refractivity contribution is 1.07. The van der Waals surface area contributed by atoms with E-state index in [4.69, 9.17) is 0 Å². The van der Waals surface area contributed by atoms with Gasteiger partial charge in [0.05, 0.1) is 5.52 Å². The highest BCUT2D eigenvalue weighted by atomic mass is 16.1. The third-order valence-electron chi connectivity index (χ3n) is 2.73. The SMILES string of the molecule is CC.Cc1cn2c(ccc3ccccc32)nc1=O. The zero-order valence-corrected chi connectivity index (χ0v) is 10.8. The first-order valence-electron chi connectivity index (χ1n) is 6.13. The normalized spacial score (nSPS) is 10.2. The number of para-hydroxylation sites is 1. The molecule has 0 saturated carbocycles. The van der Waals surface area contributed by atoms with E-state index in [9.17, 15) is 4.79 Å². The molecule has 0 aliphatic heterocycles. The number of rotatable bonds is 0. The second-order valence-electron chi connectivity index (χ2n) is 3.85. The van der Waals surface area contributed by atoms with Gasteiger partial charge in [-0.2, -0.15) is 4.98 Å². The predicted octanol–water partition coefficient (Wildman–Crippen LogP) is 3.18. The first-order valence-corrected chi connectivity index (χ1v) is 6.13. The average molecular weight is 240 g/mol. The van der Waals surface area contributed by atoms with Gasteiger partial charge in [-0.3, -0.25) is 4.79 Å². The van der Waals surface area contributed by atoms with Crippen LogP contribution >= 0.6 is 0 Å². The Morgan fingerprint density at radius 3 is 2.56 bits per heavy atom. The van der Waals surface area contributed by atoms with Crippen molar-refractivity contribution in [2.75, 3.05) is 0 Å². The second-order valence-corrected chi connectivity index (χ2v) is 3.85. The lowest BCUT2D eigenvalue weighted by atomic mass is 10.2. The van der Waals surface area contributed by atoms with Gasteiger partial charge in [-0.15, -0.1) is 0 Å². The maximum Gasteiger partial charge on any atom is 0.276 e. The van der Waals surface area contributed by atoms with Crippen LogP contribution in [-0.2, 0) is 0 Å². The van der Waals surface area contributed by atoms with Crippen LogP contribution in [0.3, 0.4) is 0 Å². The molecule has 0 radical (unpaired) electrons. The highest BCUT2D eigenvalue weighted by molar-refractivity contribution is 5.81. The van der Waals surface area contributed by atoms with Crippen LogP contribution in [0.1, 0.15) is 19.4 Å². The average Bonchev–Trinajstić information content (AvgIpc) is 2.42. The molecule has 3 rings (SSSR count). The highest BCUT2D eigenvalue weighted by Crippen LogP contribution is 2.14. The van der Waals surface area contributed by atoms with Gasteiger partial charge in [-0.1, -0.05) is 32.0 Å². The van der Waals surface area contributed by atoms with Gasteiger partial charge in [-0.25, -0.2) is 0 Å². The van der Waals surface area contributed by atoms with E-state index in [-0.39, 0.29) is 5.56 Å². The third kappa shape index (κ3) is 1.99. The van der Waals surface area contributed by atoms with Gasteiger partial charge >= 0.3 is 0 Å². The van der Waals surface area contributed by atoms with Gasteiger partial charge in [0.15, 0.2) is 0 Å². The van der Waals surface area contributed by atoms with Crippen molar-refractivity contribution in [2.45, 2.75) is 20.8 Å². The largest absolute Gasteiger partial charge is 0.301 e. The van der Waals surface area contributed by atoms with Crippen LogP contribution in [0.2, 0.25) is 0 Å². The molecule has 1 aromatic carbocycles. The van der Waals surface area contributed by atoms with Crippen molar-refractivity contribution < 1.29 is 0 Å². The third-order valence-corrected chi connectivity index (χ3v) is 2.73. The minimum atomic E-state index is -0.157. The molecule has 18 heavy (non-hydrogen) atoms. The lowest BCUT2D eigenvalue weighted by Gasteiger charge is -2.05. The van der Waals surface area contributed by atoms with Crippen molar-refractivity contribution in [1.82, 2.24) is 9.38 Å². The molecule has 0 spiro atoms. The van der Waals surface area contributed by atoms with Gasteiger partial charge in [-0.05, 0) is 30.5 Å². The van der Waals surface area contributed by atoms with Gasteiger partial charge < -0.3 is 4.40 Å². The van der Waals surface area contributed by atoms with Crippen LogP contribution in [0.15, 0.2) is 47.4 Å². The summed E-state index contributed by atoms with van der Waals surface area (Å²) in [5.74, 6) is 0. The molecule has 0 atom stereocenters. The highest BCUT2D eigenvalue weighted by Gasteiger charge is 2.01. The Hall–Kier alpha value is -2.16. The topological polar surface area (TPSA) is 34.4 Å². The maximum absolute atomic E-state index is 11.4. The van der Waals surface area contributed by atoms with Gasteiger partial charge in [0, 0.05) is 11.8 Å². The minimum Gasteiger partial charge on any atom is -0.301 e. The summed E-state index contributed by atoms with van der Waals surface area (Å²) < 4.78 is 1.95. The summed E-state index contributed by atoms with van der Waals surface area (Å²) in [6.07, 6.45) is 1.84. The van der Waals surface area contributed by atoms with Gasteiger partial charge in [0.2, 0.25) is 0 Å². The van der Waals surface area contributed by atoms with Crippen molar-refractivity contribution in [3.05, 3.63) is 58.5 Å². The number of hydrogen-bond acceptors (Lipinski definition) is 2. The Morgan fingerprint density at radius 1 is 1.06 bits per heavy atom. The Bertz CT molecular complexity index is 744. The summed E-state index contributed by atoms with van der Waals surface area (Å²) in [4.78, 5) is 15.5. The molecular formula is C15H16N2O. The first kappa shape index (κ1) is 12.3. The first-order chi connectivity index (χ1) is 8.75.